The zero-order valence-electron chi connectivity index (χ0n) is 13.5. The standard InChI is InChI=1S/C21H21NO2/c22-21(24)20-8-4-3-7-19(20)14-18(11-12-23)17-10-9-15-5-1-2-6-16(15)13-17/h1-10,13,18,23H,11-12,14H2,(H2,22,24). The van der Waals surface area contributed by atoms with E-state index < -0.39 is 5.91 Å². The SMILES string of the molecule is NC(=O)c1ccccc1CC(CCO)c1ccc2ccccc2c1. The zero-order valence-corrected chi connectivity index (χ0v) is 13.5. The highest BCUT2D eigenvalue weighted by atomic mass is 16.3. The molecule has 3 nitrogen and oxygen atoms in total. The fourth-order valence-corrected chi connectivity index (χ4v) is 3.21. The van der Waals surface area contributed by atoms with Crippen molar-refractivity contribution in [3.63, 3.8) is 0 Å². The molecule has 0 bridgehead atoms. The van der Waals surface area contributed by atoms with Gasteiger partial charge in [-0.3, -0.25) is 4.79 Å². The van der Waals surface area contributed by atoms with Gasteiger partial charge in [-0.25, -0.2) is 0 Å². The normalized spacial score (nSPS) is 12.2. The number of aliphatic hydroxyl groups excluding tert-OH is 1. The van der Waals surface area contributed by atoms with Crippen molar-refractivity contribution in [2.75, 3.05) is 6.61 Å². The Morgan fingerprint density at radius 2 is 1.67 bits per heavy atom. The second-order valence-electron chi connectivity index (χ2n) is 6.04. The number of benzene rings is 3. The fourth-order valence-electron chi connectivity index (χ4n) is 3.21. The first kappa shape index (κ1) is 16.2. The molecule has 3 heteroatoms. The van der Waals surface area contributed by atoms with Crippen molar-refractivity contribution >= 4 is 16.7 Å². The lowest BCUT2D eigenvalue weighted by atomic mass is 9.87. The van der Waals surface area contributed by atoms with Crippen LogP contribution in [-0.4, -0.2) is 17.6 Å². The van der Waals surface area contributed by atoms with Crippen LogP contribution in [0.5, 0.6) is 0 Å². The molecule has 0 saturated heterocycles. The molecule has 1 atom stereocenters. The molecule has 0 aliphatic carbocycles. The van der Waals surface area contributed by atoms with E-state index in [1.54, 1.807) is 6.07 Å². The van der Waals surface area contributed by atoms with Crippen LogP contribution in [0.4, 0.5) is 0 Å². The summed E-state index contributed by atoms with van der Waals surface area (Å²) in [5, 5.41) is 11.9. The molecule has 0 spiro atoms. The van der Waals surface area contributed by atoms with E-state index in [1.165, 1.54) is 16.3 Å². The molecule has 24 heavy (non-hydrogen) atoms. The van der Waals surface area contributed by atoms with E-state index in [-0.39, 0.29) is 12.5 Å². The summed E-state index contributed by atoms with van der Waals surface area (Å²) in [4.78, 5) is 11.6. The maximum Gasteiger partial charge on any atom is 0.248 e. The number of primary amides is 1. The molecule has 0 radical (unpaired) electrons. The minimum absolute atomic E-state index is 0.107. The Labute approximate surface area is 141 Å². The number of amides is 1. The van der Waals surface area contributed by atoms with Crippen LogP contribution in [0.25, 0.3) is 10.8 Å². The summed E-state index contributed by atoms with van der Waals surface area (Å²) in [5.41, 5.74) is 8.14. The van der Waals surface area contributed by atoms with Gasteiger partial charge in [-0.1, -0.05) is 60.7 Å². The Morgan fingerprint density at radius 1 is 0.958 bits per heavy atom. The number of nitrogens with two attached hydrogens (primary N) is 1. The summed E-state index contributed by atoms with van der Waals surface area (Å²) < 4.78 is 0. The third kappa shape index (κ3) is 3.47. The van der Waals surface area contributed by atoms with Gasteiger partial charge in [-0.05, 0) is 46.7 Å². The monoisotopic (exact) mass is 319 g/mol. The van der Waals surface area contributed by atoms with Crippen LogP contribution in [0.1, 0.15) is 33.8 Å². The molecule has 0 fully saturated rings. The Balaban J connectivity index is 1.96. The van der Waals surface area contributed by atoms with Crippen LogP contribution in [0.2, 0.25) is 0 Å². The summed E-state index contributed by atoms with van der Waals surface area (Å²) in [5.74, 6) is -0.271. The number of fused-ring (bicyclic) bond motifs is 1. The first-order valence-electron chi connectivity index (χ1n) is 8.16. The van der Waals surface area contributed by atoms with Crippen LogP contribution in [0, 0.1) is 0 Å². The quantitative estimate of drug-likeness (QED) is 0.728. The maximum atomic E-state index is 11.6. The lowest BCUT2D eigenvalue weighted by Gasteiger charge is -2.18. The van der Waals surface area contributed by atoms with Crippen molar-refractivity contribution in [3.8, 4) is 0 Å². The Morgan fingerprint density at radius 3 is 2.42 bits per heavy atom. The van der Waals surface area contributed by atoms with E-state index in [9.17, 15) is 9.90 Å². The maximum absolute atomic E-state index is 11.6. The molecule has 122 valence electrons. The summed E-state index contributed by atoms with van der Waals surface area (Å²) in [6.45, 7) is 0.107. The van der Waals surface area contributed by atoms with Crippen LogP contribution in [0.3, 0.4) is 0 Å². The first-order chi connectivity index (χ1) is 11.7. The first-order valence-corrected chi connectivity index (χ1v) is 8.16. The smallest absolute Gasteiger partial charge is 0.248 e. The molecule has 3 aromatic rings. The number of hydrogen-bond donors (Lipinski definition) is 2. The van der Waals surface area contributed by atoms with Gasteiger partial charge in [0.25, 0.3) is 0 Å². The van der Waals surface area contributed by atoms with E-state index in [0.717, 1.165) is 5.56 Å². The summed E-state index contributed by atoms with van der Waals surface area (Å²) in [7, 11) is 0. The van der Waals surface area contributed by atoms with Gasteiger partial charge >= 0.3 is 0 Å². The zero-order chi connectivity index (χ0) is 16.9. The summed E-state index contributed by atoms with van der Waals surface area (Å²) in [6.07, 6.45) is 1.32. The molecule has 3 rings (SSSR count). The van der Waals surface area contributed by atoms with Crippen molar-refractivity contribution < 1.29 is 9.90 Å². The van der Waals surface area contributed by atoms with Crippen LogP contribution >= 0.6 is 0 Å². The molecule has 0 aliphatic rings. The molecule has 0 aliphatic heterocycles. The predicted octanol–water partition coefficient (Wildman–Crippen LogP) is 3.65. The van der Waals surface area contributed by atoms with E-state index >= 15 is 0 Å². The van der Waals surface area contributed by atoms with E-state index in [2.05, 4.69) is 30.3 Å². The Hall–Kier alpha value is -2.65. The topological polar surface area (TPSA) is 63.3 Å². The second-order valence-corrected chi connectivity index (χ2v) is 6.04. The molecule has 0 aromatic heterocycles. The van der Waals surface area contributed by atoms with Gasteiger partial charge < -0.3 is 10.8 Å². The Bertz CT molecular complexity index is 857. The van der Waals surface area contributed by atoms with Crippen LogP contribution in [0.15, 0.2) is 66.7 Å². The summed E-state index contributed by atoms with van der Waals surface area (Å²) in [6, 6.07) is 22.0. The molecule has 3 aromatic carbocycles. The third-order valence-corrected chi connectivity index (χ3v) is 4.47. The van der Waals surface area contributed by atoms with Crippen molar-refractivity contribution in [3.05, 3.63) is 83.4 Å². The van der Waals surface area contributed by atoms with Gasteiger partial charge in [0.05, 0.1) is 0 Å². The number of hydrogen-bond acceptors (Lipinski definition) is 2. The highest BCUT2D eigenvalue weighted by Gasteiger charge is 2.16. The van der Waals surface area contributed by atoms with Crippen molar-refractivity contribution in [1.29, 1.82) is 0 Å². The number of aliphatic hydroxyl groups is 1. The molecular formula is C21H21NO2. The van der Waals surface area contributed by atoms with Gasteiger partial charge in [0.2, 0.25) is 5.91 Å². The van der Waals surface area contributed by atoms with Crippen LogP contribution < -0.4 is 5.73 Å². The highest BCUT2D eigenvalue weighted by molar-refractivity contribution is 5.94. The third-order valence-electron chi connectivity index (χ3n) is 4.47. The van der Waals surface area contributed by atoms with Crippen molar-refractivity contribution in [2.24, 2.45) is 5.73 Å². The Kier molecular flexibility index (Phi) is 4.92. The minimum atomic E-state index is -0.410. The van der Waals surface area contributed by atoms with Crippen molar-refractivity contribution in [2.45, 2.75) is 18.8 Å². The molecule has 1 amide bonds. The number of carbonyl (C=O) groups is 1. The molecule has 1 unspecified atom stereocenters. The van der Waals surface area contributed by atoms with E-state index in [4.69, 9.17) is 5.73 Å². The van der Waals surface area contributed by atoms with Crippen LogP contribution in [-0.2, 0) is 6.42 Å². The number of rotatable bonds is 6. The van der Waals surface area contributed by atoms with Gasteiger partial charge in [-0.2, -0.15) is 0 Å². The van der Waals surface area contributed by atoms with Gasteiger partial charge in [0.1, 0.15) is 0 Å². The van der Waals surface area contributed by atoms with E-state index in [1.807, 2.05) is 30.3 Å². The van der Waals surface area contributed by atoms with Gasteiger partial charge in [0.15, 0.2) is 0 Å². The lowest BCUT2D eigenvalue weighted by Crippen LogP contribution is -2.15. The average Bonchev–Trinajstić information content (AvgIpc) is 2.61. The molecule has 3 N–H and O–H groups in total. The number of carbonyl (C=O) groups excluding carboxylic acids is 1. The summed E-state index contributed by atoms with van der Waals surface area (Å²) >= 11 is 0. The largest absolute Gasteiger partial charge is 0.396 e. The van der Waals surface area contributed by atoms with Gasteiger partial charge in [0, 0.05) is 12.2 Å². The predicted molar refractivity (Wildman–Crippen MR) is 97.1 cm³/mol. The van der Waals surface area contributed by atoms with Crippen molar-refractivity contribution in [1.82, 2.24) is 0 Å². The highest BCUT2D eigenvalue weighted by Crippen LogP contribution is 2.28. The molecule has 0 saturated carbocycles. The molecular weight excluding hydrogens is 298 g/mol. The van der Waals surface area contributed by atoms with E-state index in [0.29, 0.717) is 18.4 Å². The fraction of sp³-hybridized carbons (Fsp3) is 0.190. The lowest BCUT2D eigenvalue weighted by molar-refractivity contribution is 0.0999. The second kappa shape index (κ2) is 7.28. The molecule has 0 heterocycles. The van der Waals surface area contributed by atoms with Gasteiger partial charge in [-0.15, -0.1) is 0 Å². The minimum Gasteiger partial charge on any atom is -0.396 e. The average molecular weight is 319 g/mol.